The third-order valence-electron chi connectivity index (χ3n) is 1.68. The molecule has 0 aliphatic carbocycles. The fourth-order valence-corrected chi connectivity index (χ4v) is 0.611. The lowest BCUT2D eigenvalue weighted by Gasteiger charge is -2.16. The fourth-order valence-electron chi connectivity index (χ4n) is 0.611. The van der Waals surface area contributed by atoms with Crippen LogP contribution in [0.25, 0.3) is 0 Å². The Kier molecular flexibility index (Phi) is 5.58. The summed E-state index contributed by atoms with van der Waals surface area (Å²) in [5.74, 6) is 0. The van der Waals surface area contributed by atoms with Crippen LogP contribution in [0.2, 0.25) is 0 Å². The van der Waals surface area contributed by atoms with Gasteiger partial charge in [0.15, 0.2) is 0 Å². The van der Waals surface area contributed by atoms with Gasteiger partial charge in [-0.3, -0.25) is 0 Å². The van der Waals surface area contributed by atoms with E-state index in [0.717, 1.165) is 13.0 Å². The van der Waals surface area contributed by atoms with Crippen molar-refractivity contribution in [2.24, 2.45) is 0 Å². The second kappa shape index (κ2) is 5.65. The molecular weight excluding hydrogens is 128 g/mol. The number of hydrogen-bond donors (Lipinski definition) is 1. The largest absolute Gasteiger partial charge is 0.317 e. The molecule has 1 N–H and O–H groups in total. The summed E-state index contributed by atoms with van der Waals surface area (Å²) in [6.07, 6.45) is 1.11. The zero-order valence-corrected chi connectivity index (χ0v) is 7.35. The molecule has 0 spiro atoms. The molecule has 0 aromatic carbocycles. The van der Waals surface area contributed by atoms with Crippen LogP contribution in [0, 0.1) is 0 Å². The summed E-state index contributed by atoms with van der Waals surface area (Å²) in [4.78, 5) is 4.95. The van der Waals surface area contributed by atoms with Crippen molar-refractivity contribution in [3.8, 4) is 0 Å². The quantitative estimate of drug-likeness (QED) is 0.571. The van der Waals surface area contributed by atoms with Crippen LogP contribution < -0.4 is 5.32 Å². The molecule has 0 aliphatic heterocycles. The van der Waals surface area contributed by atoms with E-state index in [1.165, 1.54) is 0 Å². The average molecular weight is 146 g/mol. The van der Waals surface area contributed by atoms with Crippen LogP contribution >= 0.6 is 0 Å². The zero-order valence-electron chi connectivity index (χ0n) is 7.35. The molecule has 0 saturated carbocycles. The van der Waals surface area contributed by atoms with Gasteiger partial charge in [0.1, 0.15) is 0 Å². The highest BCUT2D eigenvalue weighted by Crippen LogP contribution is 1.91. The van der Waals surface area contributed by atoms with Crippen LogP contribution in [0.1, 0.15) is 13.3 Å². The number of hydroxylamine groups is 2. The molecule has 0 aromatic rings. The summed E-state index contributed by atoms with van der Waals surface area (Å²) in [5, 5.41) is 4.99. The van der Waals surface area contributed by atoms with Gasteiger partial charge < -0.3 is 10.2 Å². The molecule has 0 bridgehead atoms. The molecule has 0 fully saturated rings. The van der Waals surface area contributed by atoms with Crippen molar-refractivity contribution < 1.29 is 4.84 Å². The maximum atomic E-state index is 4.95. The maximum Gasteiger partial charge on any atom is 0.0575 e. The molecule has 0 radical (unpaired) electrons. The van der Waals surface area contributed by atoms with Crippen molar-refractivity contribution in [1.29, 1.82) is 0 Å². The molecule has 10 heavy (non-hydrogen) atoms. The second-order valence-electron chi connectivity index (χ2n) is 2.51. The topological polar surface area (TPSA) is 24.5 Å². The van der Waals surface area contributed by atoms with Crippen molar-refractivity contribution in [3.05, 3.63) is 0 Å². The molecule has 0 amide bonds. The minimum atomic E-state index is 0.567. The Bertz CT molecular complexity index is 68.0. The van der Waals surface area contributed by atoms with Crippen molar-refractivity contribution in [1.82, 2.24) is 10.4 Å². The molecule has 1 atom stereocenters. The van der Waals surface area contributed by atoms with Crippen LogP contribution in [-0.4, -0.2) is 38.9 Å². The van der Waals surface area contributed by atoms with Crippen LogP contribution in [0.5, 0.6) is 0 Å². The first-order chi connectivity index (χ1) is 4.70. The predicted octanol–water partition coefficient (Wildman–Crippen LogP) is 0.478. The van der Waals surface area contributed by atoms with Gasteiger partial charge in [0, 0.05) is 19.6 Å². The highest BCUT2D eigenvalue weighted by molar-refractivity contribution is 4.56. The van der Waals surface area contributed by atoms with Gasteiger partial charge in [-0.05, 0) is 20.4 Å². The Morgan fingerprint density at radius 3 is 2.60 bits per heavy atom. The van der Waals surface area contributed by atoms with Crippen LogP contribution in [-0.2, 0) is 4.84 Å². The average Bonchev–Trinajstić information content (AvgIpc) is 1.99. The summed E-state index contributed by atoms with van der Waals surface area (Å²) in [5.41, 5.74) is 0. The number of nitrogens with one attached hydrogen (secondary N) is 1. The van der Waals surface area contributed by atoms with Crippen molar-refractivity contribution in [2.75, 3.05) is 27.7 Å². The van der Waals surface area contributed by atoms with E-state index in [2.05, 4.69) is 12.2 Å². The first kappa shape index (κ1) is 9.88. The maximum absolute atomic E-state index is 4.95. The van der Waals surface area contributed by atoms with E-state index in [-0.39, 0.29) is 0 Å². The third kappa shape index (κ3) is 4.73. The SMILES string of the molecule is CN[C@H](C)CCN(C)OC. The van der Waals surface area contributed by atoms with Gasteiger partial charge in [-0.2, -0.15) is 5.06 Å². The van der Waals surface area contributed by atoms with Gasteiger partial charge in [0.2, 0.25) is 0 Å². The molecule has 62 valence electrons. The van der Waals surface area contributed by atoms with Gasteiger partial charge in [0.05, 0.1) is 7.11 Å². The molecular formula is C7H18N2O. The van der Waals surface area contributed by atoms with E-state index in [4.69, 9.17) is 4.84 Å². The minimum absolute atomic E-state index is 0.567. The highest BCUT2D eigenvalue weighted by atomic mass is 16.7. The van der Waals surface area contributed by atoms with Gasteiger partial charge in [-0.15, -0.1) is 0 Å². The summed E-state index contributed by atoms with van der Waals surface area (Å²) < 4.78 is 0. The summed E-state index contributed by atoms with van der Waals surface area (Å²) in [6, 6.07) is 0.567. The Morgan fingerprint density at radius 2 is 2.20 bits per heavy atom. The first-order valence-corrected chi connectivity index (χ1v) is 3.63. The van der Waals surface area contributed by atoms with E-state index in [1.807, 2.05) is 19.2 Å². The standard InChI is InChI=1S/C7H18N2O/c1-7(8-2)5-6-9(3)10-4/h7-8H,5-6H2,1-4H3/t7-/m1/s1. The normalized spacial score (nSPS) is 14.1. The Labute approximate surface area is 63.3 Å². The second-order valence-corrected chi connectivity index (χ2v) is 2.51. The van der Waals surface area contributed by atoms with E-state index in [1.54, 1.807) is 7.11 Å². The predicted molar refractivity (Wildman–Crippen MR) is 42.8 cm³/mol. The minimum Gasteiger partial charge on any atom is -0.317 e. The van der Waals surface area contributed by atoms with Crippen molar-refractivity contribution >= 4 is 0 Å². The molecule has 3 heteroatoms. The number of hydrogen-bond acceptors (Lipinski definition) is 3. The van der Waals surface area contributed by atoms with E-state index < -0.39 is 0 Å². The van der Waals surface area contributed by atoms with Crippen LogP contribution in [0.4, 0.5) is 0 Å². The molecule has 0 unspecified atom stereocenters. The lowest BCUT2D eigenvalue weighted by Crippen LogP contribution is -2.27. The summed E-state index contributed by atoms with van der Waals surface area (Å²) in [7, 11) is 5.59. The molecule has 0 heterocycles. The lowest BCUT2D eigenvalue weighted by atomic mass is 10.2. The number of rotatable bonds is 5. The lowest BCUT2D eigenvalue weighted by molar-refractivity contribution is -0.110. The van der Waals surface area contributed by atoms with Crippen molar-refractivity contribution in [3.63, 3.8) is 0 Å². The summed E-state index contributed by atoms with van der Waals surface area (Å²) in [6.45, 7) is 3.13. The monoisotopic (exact) mass is 146 g/mol. The molecule has 0 rings (SSSR count). The van der Waals surface area contributed by atoms with Gasteiger partial charge in [0.25, 0.3) is 0 Å². The Hall–Kier alpha value is -0.120. The van der Waals surface area contributed by atoms with E-state index >= 15 is 0 Å². The fraction of sp³-hybridized carbons (Fsp3) is 1.00. The van der Waals surface area contributed by atoms with Crippen LogP contribution in [0.15, 0.2) is 0 Å². The first-order valence-electron chi connectivity index (χ1n) is 3.63. The Morgan fingerprint density at radius 1 is 1.60 bits per heavy atom. The van der Waals surface area contributed by atoms with E-state index in [9.17, 15) is 0 Å². The van der Waals surface area contributed by atoms with Crippen molar-refractivity contribution in [2.45, 2.75) is 19.4 Å². The zero-order chi connectivity index (χ0) is 7.98. The van der Waals surface area contributed by atoms with Gasteiger partial charge in [-0.25, -0.2) is 0 Å². The number of nitrogens with zero attached hydrogens (tertiary/aromatic N) is 1. The third-order valence-corrected chi connectivity index (χ3v) is 1.68. The molecule has 0 saturated heterocycles. The highest BCUT2D eigenvalue weighted by Gasteiger charge is 1.99. The Balaban J connectivity index is 3.17. The van der Waals surface area contributed by atoms with Crippen LogP contribution in [0.3, 0.4) is 0 Å². The van der Waals surface area contributed by atoms with Gasteiger partial charge in [-0.1, -0.05) is 0 Å². The van der Waals surface area contributed by atoms with E-state index in [0.29, 0.717) is 6.04 Å². The smallest absolute Gasteiger partial charge is 0.0575 e. The van der Waals surface area contributed by atoms with Gasteiger partial charge >= 0.3 is 0 Å². The molecule has 3 nitrogen and oxygen atoms in total. The summed E-state index contributed by atoms with van der Waals surface area (Å²) >= 11 is 0. The molecule has 0 aromatic heterocycles. The molecule has 0 aliphatic rings.